The molecule has 1 fully saturated rings. The lowest BCUT2D eigenvalue weighted by Gasteiger charge is -2.33. The molecule has 0 unspecified atom stereocenters. The number of aromatic carboxylic acids is 1. The lowest BCUT2D eigenvalue weighted by molar-refractivity contribution is -0.384. The fraction of sp³-hybridized carbons (Fsp3) is 0.533. The zero-order valence-corrected chi connectivity index (χ0v) is 12.1. The summed E-state index contributed by atoms with van der Waals surface area (Å²) >= 11 is 0. The van der Waals surface area contributed by atoms with Crippen LogP contribution in [0, 0.1) is 16.0 Å². The molecule has 21 heavy (non-hydrogen) atoms. The monoisotopic (exact) mass is 292 g/mol. The van der Waals surface area contributed by atoms with Crippen molar-refractivity contribution >= 4 is 17.3 Å². The van der Waals surface area contributed by atoms with E-state index < -0.39 is 10.9 Å². The maximum atomic E-state index is 11.2. The predicted octanol–water partition coefficient (Wildman–Crippen LogP) is 3.31. The highest BCUT2D eigenvalue weighted by Gasteiger charge is 2.25. The topological polar surface area (TPSA) is 83.7 Å². The molecule has 0 amide bonds. The van der Waals surface area contributed by atoms with Gasteiger partial charge in [0.15, 0.2) is 0 Å². The summed E-state index contributed by atoms with van der Waals surface area (Å²) in [5.41, 5.74) is 0.357. The minimum absolute atomic E-state index is 0.0497. The molecular formula is C15H20N2O4. The second-order valence-corrected chi connectivity index (χ2v) is 5.48. The van der Waals surface area contributed by atoms with Crippen molar-refractivity contribution in [3.63, 3.8) is 0 Å². The molecule has 0 saturated carbocycles. The SMILES string of the molecule is CCCC1CCN(c2ccc(C(=O)O)cc2[N+](=O)[O-])CC1. The first-order chi connectivity index (χ1) is 10.0. The van der Waals surface area contributed by atoms with Crippen LogP contribution in [0.25, 0.3) is 0 Å². The molecule has 114 valence electrons. The predicted molar refractivity (Wildman–Crippen MR) is 79.9 cm³/mol. The van der Waals surface area contributed by atoms with Crippen LogP contribution < -0.4 is 4.90 Å². The summed E-state index contributed by atoms with van der Waals surface area (Å²) in [6.07, 6.45) is 4.43. The molecular weight excluding hydrogens is 272 g/mol. The molecule has 1 saturated heterocycles. The summed E-state index contributed by atoms with van der Waals surface area (Å²) in [6.45, 7) is 3.75. The van der Waals surface area contributed by atoms with E-state index in [-0.39, 0.29) is 11.3 Å². The fourth-order valence-electron chi connectivity index (χ4n) is 2.94. The third-order valence-electron chi connectivity index (χ3n) is 4.07. The molecule has 0 aliphatic carbocycles. The van der Waals surface area contributed by atoms with Crippen molar-refractivity contribution in [3.8, 4) is 0 Å². The molecule has 0 radical (unpaired) electrons. The summed E-state index contributed by atoms with van der Waals surface area (Å²) in [4.78, 5) is 23.6. The molecule has 1 aliphatic heterocycles. The molecule has 2 rings (SSSR count). The first kappa shape index (κ1) is 15.3. The molecule has 0 bridgehead atoms. The van der Waals surface area contributed by atoms with Crippen LogP contribution in [0.15, 0.2) is 18.2 Å². The van der Waals surface area contributed by atoms with Gasteiger partial charge in [0.2, 0.25) is 0 Å². The smallest absolute Gasteiger partial charge is 0.335 e. The van der Waals surface area contributed by atoms with Gasteiger partial charge in [0.25, 0.3) is 5.69 Å². The number of carbonyl (C=O) groups is 1. The van der Waals surface area contributed by atoms with E-state index in [0.717, 1.165) is 38.4 Å². The van der Waals surface area contributed by atoms with Gasteiger partial charge in [-0.1, -0.05) is 19.8 Å². The molecule has 0 atom stereocenters. The lowest BCUT2D eigenvalue weighted by Crippen LogP contribution is -2.34. The first-order valence-electron chi connectivity index (χ1n) is 7.29. The Hall–Kier alpha value is -2.11. The van der Waals surface area contributed by atoms with Crippen LogP contribution in [0.5, 0.6) is 0 Å². The van der Waals surface area contributed by atoms with Gasteiger partial charge in [-0.05, 0) is 30.9 Å². The van der Waals surface area contributed by atoms with Crippen LogP contribution in [-0.4, -0.2) is 29.1 Å². The fourth-order valence-corrected chi connectivity index (χ4v) is 2.94. The molecule has 1 heterocycles. The van der Waals surface area contributed by atoms with E-state index >= 15 is 0 Å². The molecule has 0 spiro atoms. The average molecular weight is 292 g/mol. The highest BCUT2D eigenvalue weighted by atomic mass is 16.6. The molecule has 1 aromatic carbocycles. The summed E-state index contributed by atoms with van der Waals surface area (Å²) in [5, 5.41) is 20.1. The van der Waals surface area contributed by atoms with Crippen molar-refractivity contribution in [3.05, 3.63) is 33.9 Å². The number of carboxylic acid groups (broad SMARTS) is 1. The molecule has 0 aromatic heterocycles. The van der Waals surface area contributed by atoms with Crippen LogP contribution in [0.4, 0.5) is 11.4 Å². The molecule has 1 aliphatic rings. The summed E-state index contributed by atoms with van der Waals surface area (Å²) in [6, 6.07) is 4.14. The normalized spacial score (nSPS) is 16.0. The Bertz CT molecular complexity index is 536. The van der Waals surface area contributed by atoms with Gasteiger partial charge in [0, 0.05) is 19.2 Å². The first-order valence-corrected chi connectivity index (χ1v) is 7.29. The number of piperidine rings is 1. The van der Waals surface area contributed by atoms with E-state index in [2.05, 4.69) is 6.92 Å². The van der Waals surface area contributed by atoms with Gasteiger partial charge >= 0.3 is 5.97 Å². The number of hydrogen-bond acceptors (Lipinski definition) is 4. The van der Waals surface area contributed by atoms with Crippen LogP contribution in [0.2, 0.25) is 0 Å². The number of rotatable bonds is 5. The number of benzene rings is 1. The van der Waals surface area contributed by atoms with E-state index in [1.807, 2.05) is 4.90 Å². The Morgan fingerprint density at radius 1 is 1.43 bits per heavy atom. The van der Waals surface area contributed by atoms with E-state index in [4.69, 9.17) is 5.11 Å². The second kappa shape index (κ2) is 6.56. The van der Waals surface area contributed by atoms with Crippen LogP contribution in [-0.2, 0) is 0 Å². The maximum absolute atomic E-state index is 11.2. The standard InChI is InChI=1S/C15H20N2O4/c1-2-3-11-6-8-16(9-7-11)13-5-4-12(15(18)19)10-14(13)17(20)21/h4-5,10-11H,2-3,6-9H2,1H3,(H,18,19). The summed E-state index contributed by atoms with van der Waals surface area (Å²) in [5.74, 6) is -0.449. The number of nitrogens with zero attached hydrogens (tertiary/aromatic N) is 2. The van der Waals surface area contributed by atoms with Gasteiger partial charge in [-0.15, -0.1) is 0 Å². The Labute approximate surface area is 123 Å². The minimum Gasteiger partial charge on any atom is -0.478 e. The van der Waals surface area contributed by atoms with Crippen molar-refractivity contribution in [2.75, 3.05) is 18.0 Å². The highest BCUT2D eigenvalue weighted by molar-refractivity contribution is 5.89. The van der Waals surface area contributed by atoms with Crippen molar-refractivity contribution in [2.45, 2.75) is 32.6 Å². The van der Waals surface area contributed by atoms with E-state index in [9.17, 15) is 14.9 Å². The van der Waals surface area contributed by atoms with Gasteiger partial charge < -0.3 is 10.0 Å². The molecule has 1 aromatic rings. The molecule has 6 nitrogen and oxygen atoms in total. The minimum atomic E-state index is -1.15. The summed E-state index contributed by atoms with van der Waals surface area (Å²) in [7, 11) is 0. The van der Waals surface area contributed by atoms with Crippen LogP contribution in [0.3, 0.4) is 0 Å². The number of anilines is 1. The second-order valence-electron chi connectivity index (χ2n) is 5.48. The quantitative estimate of drug-likeness (QED) is 0.665. The zero-order chi connectivity index (χ0) is 15.4. The van der Waals surface area contributed by atoms with Crippen molar-refractivity contribution in [1.29, 1.82) is 0 Å². The van der Waals surface area contributed by atoms with Crippen LogP contribution >= 0.6 is 0 Å². The van der Waals surface area contributed by atoms with Crippen LogP contribution in [0.1, 0.15) is 43.0 Å². The maximum Gasteiger partial charge on any atom is 0.335 e. The Morgan fingerprint density at radius 2 is 2.10 bits per heavy atom. The number of nitro benzene ring substituents is 1. The van der Waals surface area contributed by atoms with E-state index in [1.165, 1.54) is 12.5 Å². The Kier molecular flexibility index (Phi) is 4.77. The van der Waals surface area contributed by atoms with Gasteiger partial charge in [-0.25, -0.2) is 4.79 Å². The van der Waals surface area contributed by atoms with Gasteiger partial charge in [-0.3, -0.25) is 10.1 Å². The van der Waals surface area contributed by atoms with E-state index in [1.54, 1.807) is 6.07 Å². The van der Waals surface area contributed by atoms with Crippen molar-refractivity contribution in [2.24, 2.45) is 5.92 Å². The summed E-state index contributed by atoms with van der Waals surface area (Å²) < 4.78 is 0. The van der Waals surface area contributed by atoms with Gasteiger partial charge in [0.1, 0.15) is 5.69 Å². The van der Waals surface area contributed by atoms with Gasteiger partial charge in [-0.2, -0.15) is 0 Å². The Morgan fingerprint density at radius 3 is 2.62 bits per heavy atom. The zero-order valence-electron chi connectivity index (χ0n) is 12.1. The third kappa shape index (κ3) is 3.51. The average Bonchev–Trinajstić information content (AvgIpc) is 2.47. The number of nitro groups is 1. The van der Waals surface area contributed by atoms with Crippen molar-refractivity contribution < 1.29 is 14.8 Å². The number of hydrogen-bond donors (Lipinski definition) is 1. The third-order valence-corrected chi connectivity index (χ3v) is 4.07. The Balaban J connectivity index is 2.20. The molecule has 1 N–H and O–H groups in total. The van der Waals surface area contributed by atoms with Gasteiger partial charge in [0.05, 0.1) is 10.5 Å². The van der Waals surface area contributed by atoms with Crippen molar-refractivity contribution in [1.82, 2.24) is 0 Å². The molecule has 6 heteroatoms. The lowest BCUT2D eigenvalue weighted by atomic mass is 9.92. The van der Waals surface area contributed by atoms with E-state index in [0.29, 0.717) is 11.6 Å². The number of carboxylic acids is 1. The highest BCUT2D eigenvalue weighted by Crippen LogP contribution is 2.33. The largest absolute Gasteiger partial charge is 0.478 e.